The highest BCUT2D eigenvalue weighted by Crippen LogP contribution is 2.42. The van der Waals surface area contributed by atoms with Crippen LogP contribution < -0.4 is 0 Å². The van der Waals surface area contributed by atoms with Gasteiger partial charge in [-0.3, -0.25) is 0 Å². The maximum absolute atomic E-state index is 2.40. The number of hydrogen-bond donors (Lipinski definition) is 0. The van der Waals surface area contributed by atoms with Crippen molar-refractivity contribution >= 4 is 87.2 Å². The number of fused-ring (bicyclic) bond motifs is 12. The Balaban J connectivity index is 0.000000141. The van der Waals surface area contributed by atoms with Crippen molar-refractivity contribution < 1.29 is 0 Å². The lowest BCUT2D eigenvalue weighted by atomic mass is 9.98. The molecule has 4 aromatic heterocycles. The van der Waals surface area contributed by atoms with Crippen molar-refractivity contribution in [3.63, 3.8) is 0 Å². The lowest BCUT2D eigenvalue weighted by Crippen LogP contribution is -1.94. The van der Waals surface area contributed by atoms with E-state index in [1.165, 1.54) is 176 Å². The van der Waals surface area contributed by atoms with E-state index >= 15 is 0 Å². The number of nitrogens with zero attached hydrogens (tertiary/aromatic N) is 4. The van der Waals surface area contributed by atoms with Crippen molar-refractivity contribution in [1.29, 1.82) is 0 Å². The van der Waals surface area contributed by atoms with Gasteiger partial charge in [0.25, 0.3) is 0 Å². The van der Waals surface area contributed by atoms with E-state index in [1.54, 1.807) is 0 Å². The fourth-order valence-corrected chi connectivity index (χ4v) is 16.3. The van der Waals surface area contributed by atoms with Gasteiger partial charge in [0.1, 0.15) is 0 Å². The first-order valence-corrected chi connectivity index (χ1v) is 36.4. The van der Waals surface area contributed by atoms with Crippen LogP contribution in [-0.4, -0.2) is 18.3 Å². The van der Waals surface area contributed by atoms with E-state index in [9.17, 15) is 0 Å². The van der Waals surface area contributed by atoms with Gasteiger partial charge in [0, 0.05) is 65.8 Å². The standard InChI is InChI=1S/C54H36N2.C48H32N2/c1-3-11-37(12-4-1)39-23-29-45(30-24-39)55-51-17-9-7-15-47(51)49-35-43(27-33-53(49)55)41-19-21-42(22-20-41)44-28-34-54-50(36-44)48-16-8-10-18-52(48)56(54)46-31-25-40(26-32-46)38-13-5-2-6-14-38;1-3-12-33(13-4-1)36-14-11-17-40(30-36)50-46-21-10-8-19-42(46)44-32-38(27-29-48(44)50)35-24-22-34(23-25-35)37-26-28-47-43(31-37)41-18-7-9-20-45(41)49(47)39-15-5-2-6-16-39/h1-36H;1-32H. The third-order valence-corrected chi connectivity index (χ3v) is 21.5. The predicted molar refractivity (Wildman–Crippen MR) is 448 cm³/mol. The van der Waals surface area contributed by atoms with Gasteiger partial charge >= 0.3 is 0 Å². The Morgan fingerprint density at radius 1 is 0.104 bits per heavy atom. The smallest absolute Gasteiger partial charge is 0.0541 e. The molecule has 4 heteroatoms. The summed E-state index contributed by atoms with van der Waals surface area (Å²) in [5.41, 5.74) is 31.4. The van der Waals surface area contributed by atoms with Crippen LogP contribution in [0, 0.1) is 0 Å². The molecule has 106 heavy (non-hydrogen) atoms. The van der Waals surface area contributed by atoms with Gasteiger partial charge in [0.15, 0.2) is 0 Å². The summed E-state index contributed by atoms with van der Waals surface area (Å²) in [7, 11) is 0. The van der Waals surface area contributed by atoms with Crippen molar-refractivity contribution in [1.82, 2.24) is 18.3 Å². The molecule has 21 aromatic rings. The van der Waals surface area contributed by atoms with E-state index in [0.29, 0.717) is 0 Å². The summed E-state index contributed by atoms with van der Waals surface area (Å²) in [4.78, 5) is 0. The minimum Gasteiger partial charge on any atom is -0.309 e. The van der Waals surface area contributed by atoms with Crippen LogP contribution in [0.15, 0.2) is 413 Å². The van der Waals surface area contributed by atoms with Crippen molar-refractivity contribution in [3.8, 4) is 101 Å². The Morgan fingerprint density at radius 2 is 0.292 bits per heavy atom. The average Bonchev–Trinajstić information content (AvgIpc) is 1.61. The second kappa shape index (κ2) is 26.1. The minimum absolute atomic E-state index is 1.16. The second-order valence-corrected chi connectivity index (χ2v) is 27.6. The molecule has 17 aromatic carbocycles. The van der Waals surface area contributed by atoms with Crippen molar-refractivity contribution in [2.24, 2.45) is 0 Å². The molecule has 496 valence electrons. The number of para-hydroxylation sites is 5. The molecule has 0 spiro atoms. The van der Waals surface area contributed by atoms with Crippen LogP contribution in [0.5, 0.6) is 0 Å². The lowest BCUT2D eigenvalue weighted by Gasteiger charge is -2.11. The maximum atomic E-state index is 2.40. The first-order chi connectivity index (χ1) is 52.6. The monoisotopic (exact) mass is 1350 g/mol. The predicted octanol–water partition coefficient (Wildman–Crippen LogP) is 27.4. The Hall–Kier alpha value is -14.1. The minimum atomic E-state index is 1.16. The molecule has 0 aliphatic heterocycles. The quantitative estimate of drug-likeness (QED) is 0.123. The summed E-state index contributed by atoms with van der Waals surface area (Å²) in [6.45, 7) is 0. The molecule has 21 rings (SSSR count). The zero-order valence-electron chi connectivity index (χ0n) is 58.0. The zero-order chi connectivity index (χ0) is 70.0. The second-order valence-electron chi connectivity index (χ2n) is 27.6. The molecule has 4 heterocycles. The SMILES string of the molecule is c1ccc(-c2ccc(-n3c4ccccc4c4cc(-c5ccc(-c6ccc7c(c6)c6ccccc6n7-c6ccc(-c7ccccc7)cc6)cc5)ccc43)cc2)cc1.c1ccc(-c2cccc(-n3c4ccccc4c4cc(-c5ccc(-c6ccc7c(c6)c6ccccc6n7-c6ccccc6)cc5)ccc43)c2)cc1. The summed E-state index contributed by atoms with van der Waals surface area (Å²) in [6.07, 6.45) is 0. The highest BCUT2D eigenvalue weighted by Gasteiger charge is 2.20. The van der Waals surface area contributed by atoms with Gasteiger partial charge in [-0.05, 0) is 199 Å². The van der Waals surface area contributed by atoms with Gasteiger partial charge < -0.3 is 18.3 Å². The molecule has 0 unspecified atom stereocenters. The summed E-state index contributed by atoms with van der Waals surface area (Å²) in [6, 6.07) is 150. The fourth-order valence-electron chi connectivity index (χ4n) is 16.3. The molecule has 0 N–H and O–H groups in total. The molecular weight excluding hydrogens is 1280 g/mol. The molecule has 0 saturated heterocycles. The molecule has 0 bridgehead atoms. The van der Waals surface area contributed by atoms with Crippen LogP contribution in [0.25, 0.3) is 188 Å². The van der Waals surface area contributed by atoms with Crippen LogP contribution in [0.3, 0.4) is 0 Å². The Morgan fingerprint density at radius 3 is 0.613 bits per heavy atom. The van der Waals surface area contributed by atoms with Crippen LogP contribution in [-0.2, 0) is 0 Å². The molecule has 0 fully saturated rings. The van der Waals surface area contributed by atoms with Gasteiger partial charge in [0.05, 0.1) is 44.1 Å². The number of benzene rings is 17. The molecule has 0 aliphatic carbocycles. The number of aromatic nitrogens is 4. The van der Waals surface area contributed by atoms with Gasteiger partial charge in [-0.1, -0.05) is 291 Å². The largest absolute Gasteiger partial charge is 0.309 e. The average molecular weight is 1350 g/mol. The molecular formula is C102H68N4. The van der Waals surface area contributed by atoms with Gasteiger partial charge in [-0.15, -0.1) is 0 Å². The summed E-state index contributed by atoms with van der Waals surface area (Å²) < 4.78 is 9.54. The van der Waals surface area contributed by atoms with Gasteiger partial charge in [-0.2, -0.15) is 0 Å². The lowest BCUT2D eigenvalue weighted by molar-refractivity contribution is 1.18. The maximum Gasteiger partial charge on any atom is 0.0541 e. The van der Waals surface area contributed by atoms with Crippen LogP contribution >= 0.6 is 0 Å². The van der Waals surface area contributed by atoms with Crippen LogP contribution in [0.2, 0.25) is 0 Å². The van der Waals surface area contributed by atoms with Crippen molar-refractivity contribution in [2.75, 3.05) is 0 Å². The normalized spacial score (nSPS) is 11.6. The van der Waals surface area contributed by atoms with E-state index in [1.807, 2.05) is 0 Å². The van der Waals surface area contributed by atoms with E-state index in [2.05, 4.69) is 431 Å². The van der Waals surface area contributed by atoms with E-state index in [-0.39, 0.29) is 0 Å². The summed E-state index contributed by atoms with van der Waals surface area (Å²) in [5.74, 6) is 0. The van der Waals surface area contributed by atoms with E-state index < -0.39 is 0 Å². The highest BCUT2D eigenvalue weighted by molar-refractivity contribution is 6.14. The molecule has 0 radical (unpaired) electrons. The van der Waals surface area contributed by atoms with E-state index in [4.69, 9.17) is 0 Å². The molecule has 0 atom stereocenters. The molecule has 0 saturated carbocycles. The molecule has 0 aliphatic rings. The molecule has 0 amide bonds. The van der Waals surface area contributed by atoms with Crippen molar-refractivity contribution in [3.05, 3.63) is 413 Å². The van der Waals surface area contributed by atoms with Crippen LogP contribution in [0.4, 0.5) is 0 Å². The Bertz CT molecular complexity index is 6640. The third kappa shape index (κ3) is 10.9. The Labute approximate surface area is 614 Å². The first kappa shape index (κ1) is 61.8. The fraction of sp³-hybridized carbons (Fsp3) is 0. The first-order valence-electron chi connectivity index (χ1n) is 36.4. The zero-order valence-corrected chi connectivity index (χ0v) is 58.0. The molecule has 4 nitrogen and oxygen atoms in total. The highest BCUT2D eigenvalue weighted by atomic mass is 15.0. The number of rotatable bonds is 11. The summed E-state index contributed by atoms with van der Waals surface area (Å²) in [5, 5.41) is 10.1. The van der Waals surface area contributed by atoms with Crippen LogP contribution in [0.1, 0.15) is 0 Å². The summed E-state index contributed by atoms with van der Waals surface area (Å²) >= 11 is 0. The topological polar surface area (TPSA) is 19.7 Å². The number of hydrogen-bond acceptors (Lipinski definition) is 0. The van der Waals surface area contributed by atoms with E-state index in [0.717, 1.165) is 11.4 Å². The third-order valence-electron chi connectivity index (χ3n) is 21.5. The van der Waals surface area contributed by atoms with Gasteiger partial charge in [0.2, 0.25) is 0 Å². The Kier molecular flexibility index (Phi) is 15.2. The van der Waals surface area contributed by atoms with Crippen molar-refractivity contribution in [2.45, 2.75) is 0 Å². The van der Waals surface area contributed by atoms with Gasteiger partial charge in [-0.25, -0.2) is 0 Å².